The number of hydrogen-bond acceptors (Lipinski definition) is 6. The first-order valence-corrected chi connectivity index (χ1v) is 10.3. The molecule has 9 heteroatoms. The minimum absolute atomic E-state index is 0.0627. The number of methoxy groups -OCH3 is 1. The van der Waals surface area contributed by atoms with E-state index in [9.17, 15) is 9.59 Å². The van der Waals surface area contributed by atoms with Crippen molar-refractivity contribution in [2.75, 3.05) is 20.2 Å². The van der Waals surface area contributed by atoms with Gasteiger partial charge in [-0.25, -0.2) is 0 Å². The second-order valence-corrected chi connectivity index (χ2v) is 8.11. The Labute approximate surface area is 173 Å². The minimum atomic E-state index is 0.0627. The van der Waals surface area contributed by atoms with Gasteiger partial charge in [0.05, 0.1) is 7.11 Å². The Hall–Kier alpha value is -3.23. The van der Waals surface area contributed by atoms with Gasteiger partial charge >= 0.3 is 0 Å². The number of aromatic nitrogens is 5. The topological polar surface area (TPSA) is 94.6 Å². The highest BCUT2D eigenvalue weighted by Gasteiger charge is 2.35. The van der Waals surface area contributed by atoms with Crippen LogP contribution in [0.4, 0.5) is 0 Å². The molecule has 2 aliphatic rings. The molecule has 156 valence electrons. The van der Waals surface area contributed by atoms with Crippen molar-refractivity contribution in [3.63, 3.8) is 0 Å². The lowest BCUT2D eigenvalue weighted by atomic mass is 9.83. The van der Waals surface area contributed by atoms with Crippen molar-refractivity contribution in [1.82, 2.24) is 29.3 Å². The molecule has 30 heavy (non-hydrogen) atoms. The fraction of sp³-hybridized carbons (Fsp3) is 0.476. The van der Waals surface area contributed by atoms with E-state index in [2.05, 4.69) is 15.3 Å². The number of carbonyl (C=O) groups excluding carboxylic acids is 1. The molecule has 2 atom stereocenters. The summed E-state index contributed by atoms with van der Waals surface area (Å²) in [4.78, 5) is 27.0. The first-order valence-electron chi connectivity index (χ1n) is 10.3. The second-order valence-electron chi connectivity index (χ2n) is 8.11. The molecule has 0 radical (unpaired) electrons. The van der Waals surface area contributed by atoms with E-state index in [0.717, 1.165) is 24.5 Å². The summed E-state index contributed by atoms with van der Waals surface area (Å²) in [7, 11) is 1.57. The minimum Gasteiger partial charge on any atom is -0.480 e. The molecule has 5 heterocycles. The van der Waals surface area contributed by atoms with Gasteiger partial charge in [-0.3, -0.25) is 9.59 Å². The molecule has 2 bridgehead atoms. The molecule has 5 rings (SSSR count). The predicted octanol–water partition coefficient (Wildman–Crippen LogP) is 1.26. The molecule has 1 amide bonds. The van der Waals surface area contributed by atoms with Crippen LogP contribution in [0.3, 0.4) is 0 Å². The van der Waals surface area contributed by atoms with Gasteiger partial charge in [-0.05, 0) is 30.9 Å². The van der Waals surface area contributed by atoms with Crippen LogP contribution in [-0.2, 0) is 17.8 Å². The average Bonchev–Trinajstić information content (AvgIpc) is 3.16. The van der Waals surface area contributed by atoms with Gasteiger partial charge in [0.25, 0.3) is 5.56 Å². The third-order valence-corrected chi connectivity index (χ3v) is 6.14. The van der Waals surface area contributed by atoms with E-state index < -0.39 is 0 Å². The van der Waals surface area contributed by atoms with Crippen LogP contribution in [-0.4, -0.2) is 55.4 Å². The monoisotopic (exact) mass is 408 g/mol. The Morgan fingerprint density at radius 2 is 2.07 bits per heavy atom. The average molecular weight is 408 g/mol. The fourth-order valence-electron chi connectivity index (χ4n) is 4.74. The van der Waals surface area contributed by atoms with Crippen LogP contribution in [0.2, 0.25) is 0 Å². The third-order valence-electron chi connectivity index (χ3n) is 6.14. The molecule has 0 saturated carbocycles. The third kappa shape index (κ3) is 3.34. The maximum absolute atomic E-state index is 12.9. The zero-order valence-corrected chi connectivity index (χ0v) is 16.9. The van der Waals surface area contributed by atoms with Crippen molar-refractivity contribution < 1.29 is 9.53 Å². The Kier molecular flexibility index (Phi) is 4.72. The van der Waals surface area contributed by atoms with Gasteiger partial charge in [0.2, 0.25) is 11.8 Å². The molecular formula is C21H24N6O3. The number of hydrogen-bond donors (Lipinski definition) is 0. The molecule has 0 N–H and O–H groups in total. The zero-order valence-electron chi connectivity index (χ0n) is 16.9. The fourth-order valence-corrected chi connectivity index (χ4v) is 4.74. The standard InChI is InChI=1S/C21H24N6O3/c1-30-19-9-8-18-23-22-17(27(18)24-19)5-3-6-20(28)25-11-14-10-15(13-25)16-4-2-7-21(29)26(16)12-14/h2,4,7-9,14-15H,3,5-6,10-13H2,1H3/t14-,15+/m0/s1. The summed E-state index contributed by atoms with van der Waals surface area (Å²) < 4.78 is 8.72. The lowest BCUT2D eigenvalue weighted by Gasteiger charge is -2.42. The molecule has 1 fully saturated rings. The molecule has 9 nitrogen and oxygen atoms in total. The molecule has 0 spiro atoms. The lowest BCUT2D eigenvalue weighted by Crippen LogP contribution is -2.49. The quantitative estimate of drug-likeness (QED) is 0.631. The number of carbonyl (C=O) groups is 1. The van der Waals surface area contributed by atoms with Gasteiger partial charge in [-0.2, -0.15) is 4.52 Å². The molecule has 0 aliphatic carbocycles. The van der Waals surface area contributed by atoms with E-state index in [4.69, 9.17) is 4.74 Å². The van der Waals surface area contributed by atoms with E-state index in [0.29, 0.717) is 49.8 Å². The highest BCUT2D eigenvalue weighted by atomic mass is 16.5. The Morgan fingerprint density at radius 1 is 1.17 bits per heavy atom. The molecular weight excluding hydrogens is 384 g/mol. The summed E-state index contributed by atoms with van der Waals surface area (Å²) in [6.07, 6.45) is 2.80. The first-order chi connectivity index (χ1) is 14.6. The number of rotatable bonds is 5. The largest absolute Gasteiger partial charge is 0.480 e. The van der Waals surface area contributed by atoms with Crippen molar-refractivity contribution in [3.8, 4) is 5.88 Å². The van der Waals surface area contributed by atoms with Gasteiger partial charge in [-0.15, -0.1) is 15.3 Å². The maximum Gasteiger partial charge on any atom is 0.250 e. The number of amides is 1. The summed E-state index contributed by atoms with van der Waals surface area (Å²) in [5, 5.41) is 12.7. The molecule has 2 aliphatic heterocycles. The van der Waals surface area contributed by atoms with Crippen LogP contribution in [0, 0.1) is 5.92 Å². The van der Waals surface area contributed by atoms with E-state index in [1.807, 2.05) is 27.7 Å². The summed E-state index contributed by atoms with van der Waals surface area (Å²) >= 11 is 0. The van der Waals surface area contributed by atoms with Gasteiger partial charge in [0.1, 0.15) is 0 Å². The predicted molar refractivity (Wildman–Crippen MR) is 108 cm³/mol. The number of piperidine rings is 1. The van der Waals surface area contributed by atoms with Crippen LogP contribution in [0.1, 0.15) is 36.7 Å². The summed E-state index contributed by atoms with van der Waals surface area (Å²) in [5.41, 5.74) is 1.79. The maximum atomic E-state index is 12.9. The van der Waals surface area contributed by atoms with Crippen LogP contribution in [0.5, 0.6) is 5.88 Å². The summed E-state index contributed by atoms with van der Waals surface area (Å²) in [6.45, 7) is 2.11. The first kappa shape index (κ1) is 18.8. The Bertz CT molecular complexity index is 1150. The molecule has 3 aromatic rings. The normalized spacial score (nSPS) is 20.2. The number of ether oxygens (including phenoxy) is 1. The van der Waals surface area contributed by atoms with E-state index in [1.165, 1.54) is 0 Å². The van der Waals surface area contributed by atoms with Gasteiger partial charge in [-0.1, -0.05) is 6.07 Å². The SMILES string of the molecule is COc1ccc2nnc(CCCC(=O)N3C[C@@H]4C[C@H](C3)c3cccc(=O)n3C4)n2n1. The van der Waals surface area contributed by atoms with Crippen molar-refractivity contribution in [2.45, 2.75) is 38.1 Å². The van der Waals surface area contributed by atoms with Crippen LogP contribution in [0.15, 0.2) is 35.1 Å². The van der Waals surface area contributed by atoms with Crippen LogP contribution < -0.4 is 10.3 Å². The zero-order chi connectivity index (χ0) is 20.7. The number of pyridine rings is 1. The number of aryl methyl sites for hydroxylation is 1. The number of fused-ring (bicyclic) bond motifs is 5. The molecule has 3 aromatic heterocycles. The van der Waals surface area contributed by atoms with E-state index >= 15 is 0 Å². The van der Waals surface area contributed by atoms with Crippen LogP contribution >= 0.6 is 0 Å². The van der Waals surface area contributed by atoms with Crippen LogP contribution in [0.25, 0.3) is 5.65 Å². The summed E-state index contributed by atoms with van der Waals surface area (Å²) in [6, 6.07) is 9.02. The van der Waals surface area contributed by atoms with Crippen molar-refractivity contribution >= 4 is 11.6 Å². The number of likely N-dealkylation sites (tertiary alicyclic amines) is 1. The van der Waals surface area contributed by atoms with Crippen molar-refractivity contribution in [1.29, 1.82) is 0 Å². The lowest BCUT2D eigenvalue weighted by molar-refractivity contribution is -0.134. The van der Waals surface area contributed by atoms with E-state index in [1.54, 1.807) is 23.8 Å². The molecule has 0 aromatic carbocycles. The Morgan fingerprint density at radius 3 is 2.93 bits per heavy atom. The second kappa shape index (κ2) is 7.55. The van der Waals surface area contributed by atoms with Crippen molar-refractivity contribution in [3.05, 3.63) is 52.2 Å². The smallest absolute Gasteiger partial charge is 0.250 e. The summed E-state index contributed by atoms with van der Waals surface area (Å²) in [5.74, 6) is 1.97. The van der Waals surface area contributed by atoms with Gasteiger partial charge in [0, 0.05) is 56.2 Å². The molecule has 1 saturated heterocycles. The van der Waals surface area contributed by atoms with Crippen molar-refractivity contribution in [2.24, 2.45) is 5.92 Å². The number of nitrogens with zero attached hydrogens (tertiary/aromatic N) is 6. The van der Waals surface area contributed by atoms with Gasteiger partial charge < -0.3 is 14.2 Å². The molecule has 0 unspecified atom stereocenters. The Balaban J connectivity index is 1.22. The van der Waals surface area contributed by atoms with Gasteiger partial charge in [0.15, 0.2) is 11.5 Å². The highest BCUT2D eigenvalue weighted by molar-refractivity contribution is 5.76. The van der Waals surface area contributed by atoms with E-state index in [-0.39, 0.29) is 17.4 Å². The highest BCUT2D eigenvalue weighted by Crippen LogP contribution is 2.35.